The monoisotopic (exact) mass is 189 g/mol. The fraction of sp³-hybridized carbons (Fsp3) is 0.455. The Hall–Kier alpha value is -1.38. The van der Waals surface area contributed by atoms with E-state index in [1.165, 1.54) is 0 Å². The van der Waals surface area contributed by atoms with E-state index in [9.17, 15) is 0 Å². The van der Waals surface area contributed by atoms with Crippen LogP contribution in [0, 0.1) is 6.92 Å². The smallest absolute Gasteiger partial charge is 0.177 e. The van der Waals surface area contributed by atoms with Gasteiger partial charge in [-0.05, 0) is 31.4 Å². The summed E-state index contributed by atoms with van der Waals surface area (Å²) in [7, 11) is 0. The molecule has 1 atom stereocenters. The van der Waals surface area contributed by atoms with Gasteiger partial charge >= 0.3 is 0 Å². The van der Waals surface area contributed by atoms with Crippen LogP contribution in [-0.2, 0) is 0 Å². The number of nitrogens with one attached hydrogen (secondary N) is 1. The van der Waals surface area contributed by atoms with Gasteiger partial charge in [-0.1, -0.05) is 13.8 Å². The number of aromatic nitrogens is 3. The zero-order valence-corrected chi connectivity index (χ0v) is 8.83. The van der Waals surface area contributed by atoms with Gasteiger partial charge in [0.2, 0.25) is 0 Å². The number of H-pyrrole nitrogens is 1. The highest BCUT2D eigenvalue weighted by atomic mass is 15.0. The normalized spacial score (nSPS) is 13.4. The maximum absolute atomic E-state index is 4.52. The van der Waals surface area contributed by atoms with E-state index in [2.05, 4.69) is 40.9 Å². The van der Waals surface area contributed by atoms with Crippen LogP contribution >= 0.6 is 0 Å². The first kappa shape index (κ1) is 9.19. The van der Waals surface area contributed by atoms with Crippen molar-refractivity contribution in [2.24, 2.45) is 0 Å². The van der Waals surface area contributed by atoms with Crippen molar-refractivity contribution in [2.45, 2.75) is 33.1 Å². The van der Waals surface area contributed by atoms with Crippen LogP contribution in [0.15, 0.2) is 12.1 Å². The average molecular weight is 189 g/mol. The molecule has 2 rings (SSSR count). The molecule has 0 radical (unpaired) electrons. The van der Waals surface area contributed by atoms with Crippen LogP contribution in [0.2, 0.25) is 0 Å². The molecule has 2 aromatic heterocycles. The highest BCUT2D eigenvalue weighted by molar-refractivity contribution is 5.70. The average Bonchev–Trinajstić information content (AvgIpc) is 2.55. The highest BCUT2D eigenvalue weighted by Crippen LogP contribution is 2.18. The molecule has 0 aliphatic carbocycles. The molecular formula is C11H15N3. The molecule has 3 heteroatoms. The number of nitrogens with zero attached hydrogens (tertiary/aromatic N) is 2. The number of rotatable bonds is 2. The number of hydrogen-bond acceptors (Lipinski definition) is 2. The van der Waals surface area contributed by atoms with Crippen molar-refractivity contribution in [3.8, 4) is 0 Å². The minimum atomic E-state index is 0.511. The summed E-state index contributed by atoms with van der Waals surface area (Å²) >= 11 is 0. The second-order valence-electron chi connectivity index (χ2n) is 3.74. The van der Waals surface area contributed by atoms with Crippen molar-refractivity contribution in [1.29, 1.82) is 0 Å². The van der Waals surface area contributed by atoms with Gasteiger partial charge < -0.3 is 4.98 Å². The predicted octanol–water partition coefficient (Wildman–Crippen LogP) is 2.78. The molecule has 2 aromatic rings. The van der Waals surface area contributed by atoms with Crippen LogP contribution in [0.4, 0.5) is 0 Å². The van der Waals surface area contributed by atoms with Gasteiger partial charge in [0.05, 0.1) is 5.52 Å². The van der Waals surface area contributed by atoms with E-state index in [4.69, 9.17) is 0 Å². The SMILES string of the molecule is CCC(C)c1ccc2[nH]c(C)nc2n1. The molecule has 3 nitrogen and oxygen atoms in total. The summed E-state index contributed by atoms with van der Waals surface area (Å²) in [4.78, 5) is 12.0. The quantitative estimate of drug-likeness (QED) is 0.789. The second-order valence-corrected chi connectivity index (χ2v) is 3.74. The van der Waals surface area contributed by atoms with Gasteiger partial charge in [0.15, 0.2) is 5.65 Å². The fourth-order valence-electron chi connectivity index (χ4n) is 1.51. The van der Waals surface area contributed by atoms with Crippen LogP contribution in [-0.4, -0.2) is 15.0 Å². The lowest BCUT2D eigenvalue weighted by Gasteiger charge is -2.06. The minimum absolute atomic E-state index is 0.511. The third-order valence-corrected chi connectivity index (χ3v) is 2.60. The molecular weight excluding hydrogens is 174 g/mol. The maximum Gasteiger partial charge on any atom is 0.177 e. The van der Waals surface area contributed by atoms with Crippen molar-refractivity contribution in [3.63, 3.8) is 0 Å². The van der Waals surface area contributed by atoms with Crippen molar-refractivity contribution in [1.82, 2.24) is 15.0 Å². The molecule has 0 aliphatic heterocycles. The topological polar surface area (TPSA) is 41.6 Å². The largest absolute Gasteiger partial charge is 0.341 e. The van der Waals surface area contributed by atoms with E-state index >= 15 is 0 Å². The number of pyridine rings is 1. The summed E-state index contributed by atoms with van der Waals surface area (Å²) in [5, 5.41) is 0. The molecule has 0 amide bonds. The fourth-order valence-corrected chi connectivity index (χ4v) is 1.51. The summed E-state index contributed by atoms with van der Waals surface area (Å²) < 4.78 is 0. The van der Waals surface area contributed by atoms with Gasteiger partial charge in [-0.2, -0.15) is 0 Å². The molecule has 0 aromatic carbocycles. The van der Waals surface area contributed by atoms with Gasteiger partial charge in [-0.15, -0.1) is 0 Å². The molecule has 1 N–H and O–H groups in total. The Balaban J connectivity index is 2.50. The van der Waals surface area contributed by atoms with Gasteiger partial charge in [0.25, 0.3) is 0 Å². The lowest BCUT2D eigenvalue weighted by atomic mass is 10.0. The van der Waals surface area contributed by atoms with Crippen molar-refractivity contribution in [3.05, 3.63) is 23.7 Å². The molecule has 0 bridgehead atoms. The summed E-state index contributed by atoms with van der Waals surface area (Å²) in [5.74, 6) is 1.44. The number of fused-ring (bicyclic) bond motifs is 1. The summed E-state index contributed by atoms with van der Waals surface area (Å²) in [5.41, 5.74) is 2.99. The lowest BCUT2D eigenvalue weighted by molar-refractivity contribution is 0.711. The van der Waals surface area contributed by atoms with Crippen molar-refractivity contribution >= 4 is 11.2 Å². The van der Waals surface area contributed by atoms with E-state index in [-0.39, 0.29) is 0 Å². The molecule has 0 spiro atoms. The molecule has 0 saturated carbocycles. The molecule has 0 saturated heterocycles. The van der Waals surface area contributed by atoms with Crippen LogP contribution in [0.3, 0.4) is 0 Å². The maximum atomic E-state index is 4.52. The van der Waals surface area contributed by atoms with Gasteiger partial charge in [0, 0.05) is 5.69 Å². The van der Waals surface area contributed by atoms with Crippen molar-refractivity contribution in [2.75, 3.05) is 0 Å². The van der Waals surface area contributed by atoms with Crippen LogP contribution in [0.5, 0.6) is 0 Å². The number of imidazole rings is 1. The molecule has 74 valence electrons. The van der Waals surface area contributed by atoms with Crippen LogP contribution in [0.25, 0.3) is 11.2 Å². The summed E-state index contributed by atoms with van der Waals surface area (Å²) in [6.07, 6.45) is 1.11. The third kappa shape index (κ3) is 1.50. The first-order valence-corrected chi connectivity index (χ1v) is 5.04. The van der Waals surface area contributed by atoms with Crippen molar-refractivity contribution < 1.29 is 0 Å². The number of aryl methyl sites for hydroxylation is 1. The Bertz CT molecular complexity index is 445. The zero-order valence-electron chi connectivity index (χ0n) is 8.83. The Morgan fingerprint density at radius 3 is 2.86 bits per heavy atom. The Morgan fingerprint density at radius 2 is 2.14 bits per heavy atom. The van der Waals surface area contributed by atoms with Gasteiger partial charge in [-0.3, -0.25) is 0 Å². The van der Waals surface area contributed by atoms with Crippen LogP contribution in [0.1, 0.15) is 37.7 Å². The van der Waals surface area contributed by atoms with E-state index in [1.54, 1.807) is 0 Å². The zero-order chi connectivity index (χ0) is 10.1. The summed E-state index contributed by atoms with van der Waals surface area (Å²) in [6, 6.07) is 4.14. The van der Waals surface area contributed by atoms with E-state index < -0.39 is 0 Å². The van der Waals surface area contributed by atoms with E-state index in [0.29, 0.717) is 5.92 Å². The molecule has 14 heavy (non-hydrogen) atoms. The lowest BCUT2D eigenvalue weighted by Crippen LogP contribution is -1.95. The van der Waals surface area contributed by atoms with Gasteiger partial charge in [0.1, 0.15) is 5.82 Å². The molecule has 1 unspecified atom stereocenters. The summed E-state index contributed by atoms with van der Waals surface area (Å²) in [6.45, 7) is 6.31. The number of hydrogen-bond donors (Lipinski definition) is 1. The Labute approximate surface area is 83.6 Å². The second kappa shape index (κ2) is 3.40. The molecule has 2 heterocycles. The van der Waals surface area contributed by atoms with E-state index in [0.717, 1.165) is 29.1 Å². The van der Waals surface area contributed by atoms with E-state index in [1.807, 2.05) is 6.92 Å². The standard InChI is InChI=1S/C11H15N3/c1-4-7(2)9-5-6-10-11(14-9)13-8(3)12-10/h5-7H,4H2,1-3H3,(H,12,13,14). The first-order valence-electron chi connectivity index (χ1n) is 5.04. The first-order chi connectivity index (χ1) is 6.70. The van der Waals surface area contributed by atoms with Crippen LogP contribution < -0.4 is 0 Å². The predicted molar refractivity (Wildman–Crippen MR) is 57.3 cm³/mol. The highest BCUT2D eigenvalue weighted by Gasteiger charge is 2.07. The molecule has 0 aliphatic rings. The third-order valence-electron chi connectivity index (χ3n) is 2.60. The Kier molecular flexibility index (Phi) is 2.23. The molecule has 0 fully saturated rings. The van der Waals surface area contributed by atoms with Gasteiger partial charge in [-0.25, -0.2) is 9.97 Å². The Morgan fingerprint density at radius 1 is 1.36 bits per heavy atom. The number of aromatic amines is 1. The minimum Gasteiger partial charge on any atom is -0.341 e.